The highest BCUT2D eigenvalue weighted by Gasteiger charge is 2.02. The van der Waals surface area contributed by atoms with Crippen LogP contribution in [0.25, 0.3) is 0 Å². The summed E-state index contributed by atoms with van der Waals surface area (Å²) in [6.45, 7) is 0. The van der Waals surface area contributed by atoms with Gasteiger partial charge < -0.3 is 9.52 Å². The van der Waals surface area contributed by atoms with E-state index in [1.807, 2.05) is 12.1 Å². The first-order chi connectivity index (χ1) is 7.28. The maximum Gasteiger partial charge on any atom is 0.185 e. The van der Waals surface area contributed by atoms with E-state index in [4.69, 9.17) is 9.52 Å². The fraction of sp³-hybridized carbons (Fsp3) is 0.0833. The zero-order chi connectivity index (χ0) is 10.7. The van der Waals surface area contributed by atoms with Gasteiger partial charge in [0.05, 0.1) is 0 Å². The molecule has 2 aromatic rings. The Morgan fingerprint density at radius 3 is 2.47 bits per heavy atom. The zero-order valence-corrected chi connectivity index (χ0v) is 8.01. The molecule has 0 spiro atoms. The Kier molecular flexibility index (Phi) is 2.54. The number of carbonyl (C=O) groups is 1. The lowest BCUT2D eigenvalue weighted by atomic mass is 10.1. The van der Waals surface area contributed by atoms with Gasteiger partial charge in [0.25, 0.3) is 0 Å². The summed E-state index contributed by atoms with van der Waals surface area (Å²) in [6, 6.07) is 10.3. The van der Waals surface area contributed by atoms with Gasteiger partial charge in [-0.1, -0.05) is 12.1 Å². The van der Waals surface area contributed by atoms with Crippen LogP contribution in [0.1, 0.15) is 21.9 Å². The Bertz CT molecular complexity index is 454. The summed E-state index contributed by atoms with van der Waals surface area (Å²) in [7, 11) is 0. The predicted molar refractivity (Wildman–Crippen MR) is 55.0 cm³/mol. The summed E-state index contributed by atoms with van der Waals surface area (Å²) in [6.07, 6.45) is 1.30. The molecular formula is C12H10O3. The number of aromatic hydroxyl groups is 1. The third-order valence-corrected chi connectivity index (χ3v) is 2.11. The monoisotopic (exact) mass is 202 g/mol. The molecule has 0 aliphatic heterocycles. The van der Waals surface area contributed by atoms with Gasteiger partial charge in [-0.3, -0.25) is 4.79 Å². The molecule has 2 rings (SSSR count). The van der Waals surface area contributed by atoms with Crippen molar-refractivity contribution in [3.8, 4) is 5.75 Å². The van der Waals surface area contributed by atoms with Crippen LogP contribution in [0.15, 0.2) is 40.8 Å². The van der Waals surface area contributed by atoms with Crippen LogP contribution in [0, 0.1) is 0 Å². The molecule has 76 valence electrons. The Hall–Kier alpha value is -2.03. The van der Waals surface area contributed by atoms with Crippen LogP contribution in [0.2, 0.25) is 0 Å². The van der Waals surface area contributed by atoms with Gasteiger partial charge in [0.1, 0.15) is 11.5 Å². The van der Waals surface area contributed by atoms with Gasteiger partial charge >= 0.3 is 0 Å². The molecule has 0 fully saturated rings. The van der Waals surface area contributed by atoms with Gasteiger partial charge in [-0.2, -0.15) is 0 Å². The normalized spacial score (nSPS) is 10.1. The maximum absolute atomic E-state index is 10.4. The second kappa shape index (κ2) is 4.00. The number of benzene rings is 1. The van der Waals surface area contributed by atoms with Gasteiger partial charge in [-0.15, -0.1) is 0 Å². The number of rotatable bonds is 3. The van der Waals surface area contributed by atoms with Crippen molar-refractivity contribution in [3.63, 3.8) is 0 Å². The number of carbonyl (C=O) groups excluding carboxylic acids is 1. The van der Waals surface area contributed by atoms with E-state index in [1.54, 1.807) is 24.3 Å². The molecule has 1 N–H and O–H groups in total. The summed E-state index contributed by atoms with van der Waals surface area (Å²) in [4.78, 5) is 10.4. The Labute approximate surface area is 87.0 Å². The zero-order valence-electron chi connectivity index (χ0n) is 8.01. The molecule has 3 heteroatoms. The van der Waals surface area contributed by atoms with Crippen molar-refractivity contribution in [2.75, 3.05) is 0 Å². The van der Waals surface area contributed by atoms with Crippen LogP contribution in [-0.2, 0) is 6.42 Å². The Morgan fingerprint density at radius 1 is 1.13 bits per heavy atom. The van der Waals surface area contributed by atoms with Crippen molar-refractivity contribution >= 4 is 6.29 Å². The molecule has 0 amide bonds. The summed E-state index contributed by atoms with van der Waals surface area (Å²) < 4.78 is 5.24. The highest BCUT2D eigenvalue weighted by Crippen LogP contribution is 2.15. The molecular weight excluding hydrogens is 192 g/mol. The molecule has 0 atom stereocenters. The van der Waals surface area contributed by atoms with E-state index in [0.29, 0.717) is 18.5 Å². The lowest BCUT2D eigenvalue weighted by Crippen LogP contribution is -1.84. The molecule has 0 unspecified atom stereocenters. The van der Waals surface area contributed by atoms with Crippen LogP contribution in [-0.4, -0.2) is 11.4 Å². The minimum atomic E-state index is 0.242. The fourth-order valence-corrected chi connectivity index (χ4v) is 1.37. The first kappa shape index (κ1) is 9.52. The minimum absolute atomic E-state index is 0.242. The average Bonchev–Trinajstić information content (AvgIpc) is 2.69. The molecule has 1 heterocycles. The molecule has 0 radical (unpaired) electrons. The lowest BCUT2D eigenvalue weighted by molar-refractivity contribution is 0.109. The van der Waals surface area contributed by atoms with Crippen molar-refractivity contribution in [1.82, 2.24) is 0 Å². The Balaban J connectivity index is 2.14. The van der Waals surface area contributed by atoms with E-state index in [0.717, 1.165) is 11.3 Å². The maximum atomic E-state index is 10.4. The molecule has 0 aliphatic carbocycles. The Morgan fingerprint density at radius 2 is 1.87 bits per heavy atom. The molecule has 0 saturated heterocycles. The number of hydrogen-bond acceptors (Lipinski definition) is 3. The van der Waals surface area contributed by atoms with Gasteiger partial charge in [-0.25, -0.2) is 0 Å². The second-order valence-corrected chi connectivity index (χ2v) is 3.27. The van der Waals surface area contributed by atoms with E-state index < -0.39 is 0 Å². The van der Waals surface area contributed by atoms with E-state index in [1.165, 1.54) is 0 Å². The molecule has 0 aliphatic rings. The number of furan rings is 1. The molecule has 1 aromatic heterocycles. The first-order valence-corrected chi connectivity index (χ1v) is 4.60. The highest BCUT2D eigenvalue weighted by atomic mass is 16.3. The minimum Gasteiger partial charge on any atom is -0.508 e. The van der Waals surface area contributed by atoms with Crippen molar-refractivity contribution in [3.05, 3.63) is 53.5 Å². The second-order valence-electron chi connectivity index (χ2n) is 3.27. The number of phenolic OH excluding ortho intramolecular Hbond substituents is 1. The number of phenols is 1. The van der Waals surface area contributed by atoms with Crippen LogP contribution in [0.4, 0.5) is 0 Å². The van der Waals surface area contributed by atoms with Crippen molar-refractivity contribution in [1.29, 1.82) is 0 Å². The largest absolute Gasteiger partial charge is 0.508 e. The van der Waals surface area contributed by atoms with E-state index in [2.05, 4.69) is 0 Å². The first-order valence-electron chi connectivity index (χ1n) is 4.60. The van der Waals surface area contributed by atoms with Gasteiger partial charge in [0.2, 0.25) is 0 Å². The lowest BCUT2D eigenvalue weighted by Gasteiger charge is -1.98. The van der Waals surface area contributed by atoms with Crippen LogP contribution < -0.4 is 0 Å². The van der Waals surface area contributed by atoms with Crippen LogP contribution >= 0.6 is 0 Å². The van der Waals surface area contributed by atoms with E-state index in [-0.39, 0.29) is 5.75 Å². The predicted octanol–water partition coefficient (Wildman–Crippen LogP) is 2.39. The van der Waals surface area contributed by atoms with Gasteiger partial charge in [-0.05, 0) is 29.8 Å². The fourth-order valence-electron chi connectivity index (χ4n) is 1.37. The number of hydrogen-bond donors (Lipinski definition) is 1. The average molecular weight is 202 g/mol. The van der Waals surface area contributed by atoms with Gasteiger partial charge in [0, 0.05) is 6.42 Å². The summed E-state index contributed by atoms with van der Waals surface area (Å²) in [5, 5.41) is 9.10. The molecule has 3 nitrogen and oxygen atoms in total. The summed E-state index contributed by atoms with van der Waals surface area (Å²) in [5.41, 5.74) is 1.03. The third-order valence-electron chi connectivity index (χ3n) is 2.11. The SMILES string of the molecule is O=Cc1ccc(Cc2ccc(O)cc2)o1. The van der Waals surface area contributed by atoms with Crippen LogP contribution in [0.5, 0.6) is 5.75 Å². The van der Waals surface area contributed by atoms with Crippen molar-refractivity contribution in [2.45, 2.75) is 6.42 Å². The standard InChI is InChI=1S/C12H10O3/c13-8-12-6-5-11(15-12)7-9-1-3-10(14)4-2-9/h1-6,8,14H,7H2. The third kappa shape index (κ3) is 2.26. The van der Waals surface area contributed by atoms with Crippen molar-refractivity contribution in [2.24, 2.45) is 0 Å². The quantitative estimate of drug-likeness (QED) is 0.777. The molecule has 0 bridgehead atoms. The van der Waals surface area contributed by atoms with E-state index in [9.17, 15) is 4.79 Å². The number of aldehydes is 1. The molecule has 1 aromatic carbocycles. The van der Waals surface area contributed by atoms with E-state index >= 15 is 0 Å². The summed E-state index contributed by atoms with van der Waals surface area (Å²) in [5.74, 6) is 1.32. The van der Waals surface area contributed by atoms with Crippen molar-refractivity contribution < 1.29 is 14.3 Å². The topological polar surface area (TPSA) is 50.4 Å². The highest BCUT2D eigenvalue weighted by molar-refractivity contribution is 5.70. The van der Waals surface area contributed by atoms with Crippen LogP contribution in [0.3, 0.4) is 0 Å². The molecule has 0 saturated carbocycles. The van der Waals surface area contributed by atoms with Gasteiger partial charge in [0.15, 0.2) is 12.0 Å². The summed E-state index contributed by atoms with van der Waals surface area (Å²) >= 11 is 0. The smallest absolute Gasteiger partial charge is 0.185 e. The molecule has 15 heavy (non-hydrogen) atoms.